The zero-order valence-corrected chi connectivity index (χ0v) is 17.1. The van der Waals surface area contributed by atoms with Gasteiger partial charge in [0, 0.05) is 25.5 Å². The molecule has 1 aliphatic heterocycles. The first-order chi connectivity index (χ1) is 13.9. The largest absolute Gasteiger partial charge is 0.455 e. The number of piperidine rings is 1. The molecule has 8 heteroatoms. The Bertz CT molecular complexity index is 1150. The minimum absolute atomic E-state index is 0.00229. The summed E-state index contributed by atoms with van der Waals surface area (Å²) in [6, 6.07) is 10.1. The van der Waals surface area contributed by atoms with Gasteiger partial charge < -0.3 is 9.14 Å². The molecule has 3 heterocycles. The standard InChI is InChI=1S/C21H23N3O4S/c1-16-9-10-20-22-17(14-23(20)13-16)15-28-21(25)18-7-3-4-8-19(18)29(26,27)24-11-5-2-6-12-24/h3-4,7-10,13-14H,2,5-6,11-12,15H2,1H3. The fraction of sp³-hybridized carbons (Fsp3) is 0.333. The van der Waals surface area contributed by atoms with E-state index in [2.05, 4.69) is 4.98 Å². The molecular weight excluding hydrogens is 390 g/mol. The van der Waals surface area contributed by atoms with Gasteiger partial charge in [0.25, 0.3) is 0 Å². The lowest BCUT2D eigenvalue weighted by molar-refractivity contribution is 0.0463. The van der Waals surface area contributed by atoms with Crippen LogP contribution in [0.5, 0.6) is 0 Å². The van der Waals surface area contributed by atoms with Crippen molar-refractivity contribution < 1.29 is 17.9 Å². The third kappa shape index (κ3) is 4.04. The molecule has 1 fully saturated rings. The molecule has 0 atom stereocenters. The molecule has 0 N–H and O–H groups in total. The SMILES string of the molecule is Cc1ccc2nc(COC(=O)c3ccccc3S(=O)(=O)N3CCCCC3)cn2c1. The molecule has 0 radical (unpaired) electrons. The van der Waals surface area contributed by atoms with Crippen LogP contribution in [0.15, 0.2) is 53.7 Å². The highest BCUT2D eigenvalue weighted by Crippen LogP contribution is 2.24. The normalized spacial score (nSPS) is 15.5. The van der Waals surface area contributed by atoms with Crippen molar-refractivity contribution in [3.63, 3.8) is 0 Å². The zero-order valence-electron chi connectivity index (χ0n) is 16.2. The molecule has 1 aliphatic rings. The van der Waals surface area contributed by atoms with Crippen LogP contribution in [0.25, 0.3) is 5.65 Å². The van der Waals surface area contributed by atoms with E-state index >= 15 is 0 Å². The van der Waals surface area contributed by atoms with Crippen molar-refractivity contribution >= 4 is 21.6 Å². The molecule has 1 saturated heterocycles. The third-order valence-electron chi connectivity index (χ3n) is 5.04. The Balaban J connectivity index is 1.54. The summed E-state index contributed by atoms with van der Waals surface area (Å²) in [7, 11) is -3.73. The van der Waals surface area contributed by atoms with E-state index in [9.17, 15) is 13.2 Å². The summed E-state index contributed by atoms with van der Waals surface area (Å²) in [5.41, 5.74) is 2.50. The number of nitrogens with zero attached hydrogens (tertiary/aromatic N) is 3. The molecule has 4 rings (SSSR count). The second-order valence-corrected chi connectivity index (χ2v) is 9.15. The van der Waals surface area contributed by atoms with Gasteiger partial charge in [-0.1, -0.05) is 24.6 Å². The Morgan fingerprint density at radius 2 is 1.83 bits per heavy atom. The molecule has 0 unspecified atom stereocenters. The van der Waals surface area contributed by atoms with Crippen molar-refractivity contribution in [3.8, 4) is 0 Å². The van der Waals surface area contributed by atoms with Gasteiger partial charge in [0.1, 0.15) is 12.3 Å². The maximum atomic E-state index is 13.0. The summed E-state index contributed by atoms with van der Waals surface area (Å²) >= 11 is 0. The lowest BCUT2D eigenvalue weighted by Gasteiger charge is -2.26. The minimum atomic E-state index is -3.73. The van der Waals surface area contributed by atoms with Gasteiger partial charge >= 0.3 is 5.97 Å². The number of aryl methyl sites for hydroxylation is 1. The number of hydrogen-bond donors (Lipinski definition) is 0. The van der Waals surface area contributed by atoms with Crippen LogP contribution >= 0.6 is 0 Å². The molecular formula is C21H23N3O4S. The van der Waals surface area contributed by atoms with Crippen LogP contribution in [-0.2, 0) is 21.4 Å². The number of ether oxygens (including phenoxy) is 1. The third-order valence-corrected chi connectivity index (χ3v) is 7.00. The van der Waals surface area contributed by atoms with Crippen molar-refractivity contribution in [1.82, 2.24) is 13.7 Å². The summed E-state index contributed by atoms with van der Waals surface area (Å²) in [4.78, 5) is 17.1. The van der Waals surface area contributed by atoms with Crippen molar-refractivity contribution in [2.24, 2.45) is 0 Å². The van der Waals surface area contributed by atoms with Crippen LogP contribution in [0.1, 0.15) is 40.9 Å². The summed E-state index contributed by atoms with van der Waals surface area (Å²) < 4.78 is 34.8. The Hall–Kier alpha value is -2.71. The average Bonchev–Trinajstić information content (AvgIpc) is 3.14. The smallest absolute Gasteiger partial charge is 0.339 e. The first-order valence-electron chi connectivity index (χ1n) is 9.66. The molecule has 2 aromatic heterocycles. The van der Waals surface area contributed by atoms with Crippen molar-refractivity contribution in [1.29, 1.82) is 0 Å². The highest BCUT2D eigenvalue weighted by Gasteiger charge is 2.30. The van der Waals surface area contributed by atoms with Gasteiger partial charge in [-0.25, -0.2) is 18.2 Å². The molecule has 0 aliphatic carbocycles. The predicted octanol–water partition coefficient (Wildman–Crippen LogP) is 3.17. The van der Waals surface area contributed by atoms with E-state index in [-0.39, 0.29) is 17.1 Å². The van der Waals surface area contributed by atoms with E-state index in [1.807, 2.05) is 29.7 Å². The van der Waals surface area contributed by atoms with E-state index < -0.39 is 16.0 Å². The Labute approximate surface area is 170 Å². The molecule has 0 bridgehead atoms. The predicted molar refractivity (Wildman–Crippen MR) is 108 cm³/mol. The van der Waals surface area contributed by atoms with Crippen molar-refractivity contribution in [2.45, 2.75) is 37.7 Å². The summed E-state index contributed by atoms with van der Waals surface area (Å²) in [6.45, 7) is 2.91. The van der Waals surface area contributed by atoms with Crippen LogP contribution < -0.4 is 0 Å². The van der Waals surface area contributed by atoms with Crippen LogP contribution in [0.2, 0.25) is 0 Å². The maximum Gasteiger partial charge on any atom is 0.339 e. The van der Waals surface area contributed by atoms with Gasteiger partial charge in [-0.15, -0.1) is 0 Å². The van der Waals surface area contributed by atoms with Gasteiger partial charge in [0.2, 0.25) is 10.0 Å². The van der Waals surface area contributed by atoms with E-state index in [1.54, 1.807) is 18.3 Å². The quantitative estimate of drug-likeness (QED) is 0.600. The molecule has 7 nitrogen and oxygen atoms in total. The number of aromatic nitrogens is 2. The van der Waals surface area contributed by atoms with E-state index in [0.29, 0.717) is 18.8 Å². The first kappa shape index (κ1) is 19.6. The number of carbonyl (C=O) groups excluding carboxylic acids is 1. The second kappa shape index (κ2) is 7.96. The van der Waals surface area contributed by atoms with Gasteiger partial charge in [-0.05, 0) is 43.5 Å². The van der Waals surface area contributed by atoms with Crippen molar-refractivity contribution in [3.05, 3.63) is 65.6 Å². The molecule has 0 saturated carbocycles. The lowest BCUT2D eigenvalue weighted by atomic mass is 10.2. The molecule has 1 aromatic carbocycles. The summed E-state index contributed by atoms with van der Waals surface area (Å²) in [6.07, 6.45) is 6.42. The lowest BCUT2D eigenvalue weighted by Crippen LogP contribution is -2.36. The monoisotopic (exact) mass is 413 g/mol. The first-order valence-corrected chi connectivity index (χ1v) is 11.1. The van der Waals surface area contributed by atoms with Crippen molar-refractivity contribution in [2.75, 3.05) is 13.1 Å². The van der Waals surface area contributed by atoms with Gasteiger partial charge in [-0.3, -0.25) is 0 Å². The van der Waals surface area contributed by atoms with Crippen LogP contribution in [0, 0.1) is 6.92 Å². The fourth-order valence-electron chi connectivity index (χ4n) is 3.55. The Morgan fingerprint density at radius 3 is 2.62 bits per heavy atom. The number of esters is 1. The number of hydrogen-bond acceptors (Lipinski definition) is 5. The van der Waals surface area contributed by atoms with Crippen LogP contribution in [-0.4, -0.2) is 41.2 Å². The highest BCUT2D eigenvalue weighted by molar-refractivity contribution is 7.89. The molecule has 3 aromatic rings. The molecule has 29 heavy (non-hydrogen) atoms. The summed E-state index contributed by atoms with van der Waals surface area (Å²) in [5.74, 6) is -0.672. The molecule has 0 amide bonds. The average molecular weight is 413 g/mol. The number of imidazole rings is 1. The number of benzene rings is 1. The fourth-order valence-corrected chi connectivity index (χ4v) is 5.24. The van der Waals surface area contributed by atoms with Crippen LogP contribution in [0.3, 0.4) is 0 Å². The number of rotatable bonds is 5. The van der Waals surface area contributed by atoms with Gasteiger partial charge in [0.15, 0.2) is 0 Å². The molecule has 152 valence electrons. The van der Waals surface area contributed by atoms with E-state index in [4.69, 9.17) is 4.74 Å². The molecule has 0 spiro atoms. The number of sulfonamides is 1. The number of fused-ring (bicyclic) bond motifs is 1. The summed E-state index contributed by atoms with van der Waals surface area (Å²) in [5, 5.41) is 0. The maximum absolute atomic E-state index is 13.0. The zero-order chi connectivity index (χ0) is 20.4. The topological polar surface area (TPSA) is 81.0 Å². The van der Waals surface area contributed by atoms with Gasteiger partial charge in [0.05, 0.1) is 16.2 Å². The highest BCUT2D eigenvalue weighted by atomic mass is 32.2. The van der Waals surface area contributed by atoms with E-state index in [1.165, 1.54) is 16.4 Å². The Kier molecular flexibility index (Phi) is 5.38. The number of carbonyl (C=O) groups is 1. The number of pyridine rings is 1. The second-order valence-electron chi connectivity index (χ2n) is 7.24. The minimum Gasteiger partial charge on any atom is -0.455 e. The van der Waals surface area contributed by atoms with Crippen LogP contribution in [0.4, 0.5) is 0 Å². The Morgan fingerprint density at radius 1 is 1.07 bits per heavy atom. The van der Waals surface area contributed by atoms with Gasteiger partial charge in [-0.2, -0.15) is 4.31 Å². The van der Waals surface area contributed by atoms with E-state index in [0.717, 1.165) is 30.5 Å².